The first-order chi connectivity index (χ1) is 6.79. The van der Waals surface area contributed by atoms with E-state index in [-0.39, 0.29) is 12.5 Å². The van der Waals surface area contributed by atoms with Crippen LogP contribution in [0.3, 0.4) is 0 Å². The average Bonchev–Trinajstić information content (AvgIpc) is 2.21. The predicted molar refractivity (Wildman–Crippen MR) is 49.9 cm³/mol. The van der Waals surface area contributed by atoms with Crippen molar-refractivity contribution in [2.45, 2.75) is 12.5 Å². The van der Waals surface area contributed by atoms with E-state index in [2.05, 4.69) is 0 Å². The number of aliphatic hydroxyl groups excluding tert-OH is 1. The second-order valence-corrected chi connectivity index (χ2v) is 3.21. The number of hydrogen-bond donors (Lipinski definition) is 1. The second kappa shape index (κ2) is 5.95. The molecule has 5 heteroatoms. The van der Waals surface area contributed by atoms with Crippen molar-refractivity contribution in [2.75, 3.05) is 40.0 Å². The number of amides is 1. The van der Waals surface area contributed by atoms with Gasteiger partial charge in [-0.25, -0.2) is 0 Å². The Bertz CT molecular complexity index is 186. The molecule has 1 atom stereocenters. The highest BCUT2D eigenvalue weighted by Gasteiger charge is 2.28. The number of ether oxygens (including phenoxy) is 2. The molecule has 1 unspecified atom stereocenters. The zero-order valence-electron chi connectivity index (χ0n) is 8.44. The van der Waals surface area contributed by atoms with Crippen LogP contribution < -0.4 is 0 Å². The Hall–Kier alpha value is -0.650. The lowest BCUT2D eigenvalue weighted by atomic mass is 10.2. The highest BCUT2D eigenvalue weighted by atomic mass is 16.5. The molecule has 0 spiro atoms. The molecular weight excluding hydrogens is 186 g/mol. The van der Waals surface area contributed by atoms with Crippen LogP contribution in [0.1, 0.15) is 6.42 Å². The summed E-state index contributed by atoms with van der Waals surface area (Å²) < 4.78 is 10.0. The third-order valence-corrected chi connectivity index (χ3v) is 2.21. The van der Waals surface area contributed by atoms with Crippen LogP contribution in [0.5, 0.6) is 0 Å². The molecule has 0 bridgehead atoms. The lowest BCUT2D eigenvalue weighted by molar-refractivity contribution is -0.156. The van der Waals surface area contributed by atoms with Crippen molar-refractivity contribution in [1.29, 1.82) is 0 Å². The summed E-state index contributed by atoms with van der Waals surface area (Å²) in [5.74, 6) is -0.116. The van der Waals surface area contributed by atoms with E-state index in [1.165, 1.54) is 0 Å². The normalized spacial score (nSPS) is 22.9. The summed E-state index contributed by atoms with van der Waals surface area (Å²) in [6.45, 7) is 2.20. The smallest absolute Gasteiger partial charge is 0.254 e. The van der Waals surface area contributed by atoms with Gasteiger partial charge in [0.25, 0.3) is 5.91 Å². The first-order valence-electron chi connectivity index (χ1n) is 4.79. The largest absolute Gasteiger partial charge is 0.393 e. The predicted octanol–water partition coefficient (Wildman–Crippen LogP) is -0.757. The molecule has 5 nitrogen and oxygen atoms in total. The van der Waals surface area contributed by atoms with Crippen molar-refractivity contribution in [3.05, 3.63) is 0 Å². The van der Waals surface area contributed by atoms with E-state index < -0.39 is 6.10 Å². The number of carbonyl (C=O) groups is 1. The van der Waals surface area contributed by atoms with Crippen LogP contribution in [0.2, 0.25) is 0 Å². The fourth-order valence-corrected chi connectivity index (χ4v) is 1.44. The van der Waals surface area contributed by atoms with E-state index in [4.69, 9.17) is 14.6 Å². The highest BCUT2D eigenvalue weighted by Crippen LogP contribution is 2.07. The molecule has 0 aromatic carbocycles. The highest BCUT2D eigenvalue weighted by molar-refractivity contribution is 5.81. The van der Waals surface area contributed by atoms with E-state index in [0.717, 1.165) is 6.42 Å². The number of methoxy groups -OCH3 is 1. The van der Waals surface area contributed by atoms with Gasteiger partial charge in [0, 0.05) is 26.8 Å². The second-order valence-electron chi connectivity index (χ2n) is 3.21. The van der Waals surface area contributed by atoms with E-state index in [9.17, 15) is 4.79 Å². The maximum Gasteiger partial charge on any atom is 0.254 e. The Morgan fingerprint density at radius 3 is 3.14 bits per heavy atom. The monoisotopic (exact) mass is 203 g/mol. The Morgan fingerprint density at radius 2 is 2.50 bits per heavy atom. The molecule has 0 aromatic rings. The van der Waals surface area contributed by atoms with Gasteiger partial charge >= 0.3 is 0 Å². The summed E-state index contributed by atoms with van der Waals surface area (Å²) in [4.78, 5) is 13.3. The van der Waals surface area contributed by atoms with E-state index in [0.29, 0.717) is 26.3 Å². The maximum atomic E-state index is 11.6. The van der Waals surface area contributed by atoms with Gasteiger partial charge in [-0.1, -0.05) is 0 Å². The van der Waals surface area contributed by atoms with Crippen LogP contribution in [-0.2, 0) is 14.3 Å². The van der Waals surface area contributed by atoms with Gasteiger partial charge in [0.1, 0.15) is 0 Å². The molecule has 0 aliphatic carbocycles. The van der Waals surface area contributed by atoms with Crippen molar-refractivity contribution in [3.8, 4) is 0 Å². The molecule has 0 aromatic heterocycles. The van der Waals surface area contributed by atoms with Gasteiger partial charge in [0.15, 0.2) is 6.10 Å². The summed E-state index contributed by atoms with van der Waals surface area (Å²) in [5, 5.41) is 8.85. The van der Waals surface area contributed by atoms with Gasteiger partial charge in [-0.15, -0.1) is 0 Å². The minimum absolute atomic E-state index is 0.116. The molecule has 82 valence electrons. The lowest BCUT2D eigenvalue weighted by Gasteiger charge is -2.31. The molecule has 1 rings (SSSR count). The summed E-state index contributed by atoms with van der Waals surface area (Å²) in [6.07, 6.45) is 0.159. The van der Waals surface area contributed by atoms with Crippen molar-refractivity contribution < 1.29 is 19.4 Å². The van der Waals surface area contributed by atoms with Crippen molar-refractivity contribution in [3.63, 3.8) is 0 Å². The third kappa shape index (κ3) is 2.94. The van der Waals surface area contributed by atoms with Crippen LogP contribution in [0.25, 0.3) is 0 Å². The van der Waals surface area contributed by atoms with Crippen molar-refractivity contribution in [2.24, 2.45) is 0 Å². The van der Waals surface area contributed by atoms with Gasteiger partial charge in [-0.05, 0) is 6.42 Å². The van der Waals surface area contributed by atoms with Crippen LogP contribution >= 0.6 is 0 Å². The summed E-state index contributed by atoms with van der Waals surface area (Å²) >= 11 is 0. The third-order valence-electron chi connectivity index (χ3n) is 2.21. The average molecular weight is 203 g/mol. The van der Waals surface area contributed by atoms with Gasteiger partial charge in [-0.2, -0.15) is 0 Å². The van der Waals surface area contributed by atoms with Crippen LogP contribution in [0.4, 0.5) is 0 Å². The molecule has 1 heterocycles. The molecule has 1 fully saturated rings. The topological polar surface area (TPSA) is 59.0 Å². The van der Waals surface area contributed by atoms with Crippen molar-refractivity contribution in [1.82, 2.24) is 4.90 Å². The Labute approximate surface area is 83.6 Å². The van der Waals surface area contributed by atoms with E-state index in [1.54, 1.807) is 12.0 Å². The number of nitrogens with zero attached hydrogens (tertiary/aromatic N) is 1. The fourth-order valence-electron chi connectivity index (χ4n) is 1.44. The number of rotatable bonds is 5. The minimum Gasteiger partial charge on any atom is -0.393 e. The Morgan fingerprint density at radius 1 is 1.71 bits per heavy atom. The molecule has 1 saturated heterocycles. The van der Waals surface area contributed by atoms with Gasteiger partial charge in [0.2, 0.25) is 0 Å². The molecule has 0 saturated carbocycles. The van der Waals surface area contributed by atoms with E-state index >= 15 is 0 Å². The quantitative estimate of drug-likeness (QED) is 0.597. The van der Waals surface area contributed by atoms with Crippen LogP contribution in [0, 0.1) is 0 Å². The van der Waals surface area contributed by atoms with Gasteiger partial charge in [-0.3, -0.25) is 4.79 Å². The SMILES string of the molecule is COCCCN1CCOC(CO)C1=O. The number of morpholine rings is 1. The first kappa shape index (κ1) is 11.4. The van der Waals surface area contributed by atoms with Gasteiger partial charge in [0.05, 0.1) is 13.2 Å². The Kier molecular flexibility index (Phi) is 4.86. The standard InChI is InChI=1S/C9H17NO4/c1-13-5-2-3-10-4-6-14-8(7-11)9(10)12/h8,11H,2-7H2,1H3. The maximum absolute atomic E-state index is 11.6. The first-order valence-corrected chi connectivity index (χ1v) is 4.79. The molecule has 1 amide bonds. The molecule has 0 radical (unpaired) electrons. The summed E-state index contributed by atoms with van der Waals surface area (Å²) in [5.41, 5.74) is 0. The molecule has 1 aliphatic heterocycles. The molecule has 1 N–H and O–H groups in total. The van der Waals surface area contributed by atoms with Gasteiger partial charge < -0.3 is 19.5 Å². The number of hydrogen-bond acceptors (Lipinski definition) is 4. The number of aliphatic hydroxyl groups is 1. The fraction of sp³-hybridized carbons (Fsp3) is 0.889. The summed E-state index contributed by atoms with van der Waals surface area (Å²) in [6, 6.07) is 0. The van der Waals surface area contributed by atoms with Crippen LogP contribution in [-0.4, -0.2) is 62.0 Å². The number of carbonyl (C=O) groups excluding carboxylic acids is 1. The van der Waals surface area contributed by atoms with Crippen molar-refractivity contribution >= 4 is 5.91 Å². The van der Waals surface area contributed by atoms with Crippen LogP contribution in [0.15, 0.2) is 0 Å². The molecular formula is C9H17NO4. The molecule has 14 heavy (non-hydrogen) atoms. The lowest BCUT2D eigenvalue weighted by Crippen LogP contribution is -2.49. The summed E-state index contributed by atoms with van der Waals surface area (Å²) in [7, 11) is 1.64. The zero-order chi connectivity index (χ0) is 10.4. The Balaban J connectivity index is 2.32. The minimum atomic E-state index is -0.661. The zero-order valence-corrected chi connectivity index (χ0v) is 8.44. The molecule has 1 aliphatic rings. The van der Waals surface area contributed by atoms with E-state index in [1.807, 2.05) is 0 Å².